The fraction of sp³-hybridized carbons (Fsp3) is 0.538. The average molecular weight is 472 g/mol. The molecule has 0 unspecified atom stereocenters. The number of hydrogen-bond donors (Lipinski definition) is 1. The predicted molar refractivity (Wildman–Crippen MR) is 130 cm³/mol. The summed E-state index contributed by atoms with van der Waals surface area (Å²) in [5.41, 5.74) is 0.844. The first-order valence-corrected chi connectivity index (χ1v) is 12.5. The highest BCUT2D eigenvalue weighted by molar-refractivity contribution is 6.30. The molecule has 3 atom stereocenters. The molecule has 2 fully saturated rings. The van der Waals surface area contributed by atoms with Gasteiger partial charge in [-0.3, -0.25) is 9.59 Å². The Morgan fingerprint density at radius 1 is 1.15 bits per heavy atom. The molecule has 0 bridgehead atoms. The standard InChI is InChI=1S/C26H34ClN3O3/c1-4-5-19-16-29(17(2)3)14-13-22(19)30-15-12-21(26(30)32)28-25(31)24-11-10-23(33-24)18-6-8-20(27)9-7-18/h6-11,17,19,21-22H,4-5,12-16H2,1-3H3,(H,28,31)/t19-,21+,22+/m1/s1. The Balaban J connectivity index is 1.39. The van der Waals surface area contributed by atoms with Gasteiger partial charge >= 0.3 is 0 Å². The lowest BCUT2D eigenvalue weighted by Crippen LogP contribution is -2.54. The maximum Gasteiger partial charge on any atom is 0.287 e. The highest BCUT2D eigenvalue weighted by Crippen LogP contribution is 2.30. The van der Waals surface area contributed by atoms with Crippen LogP contribution in [0.1, 0.15) is 57.0 Å². The molecule has 0 saturated carbocycles. The number of benzene rings is 1. The van der Waals surface area contributed by atoms with Gasteiger partial charge in [0.25, 0.3) is 5.91 Å². The molecule has 2 amide bonds. The number of likely N-dealkylation sites (tertiary alicyclic amines) is 2. The van der Waals surface area contributed by atoms with E-state index in [1.165, 1.54) is 0 Å². The third-order valence-corrected chi connectivity index (χ3v) is 7.27. The summed E-state index contributed by atoms with van der Waals surface area (Å²) in [4.78, 5) is 30.6. The molecular formula is C26H34ClN3O3. The number of nitrogens with one attached hydrogen (secondary N) is 1. The summed E-state index contributed by atoms with van der Waals surface area (Å²) in [6.07, 6.45) is 3.87. The van der Waals surface area contributed by atoms with Crippen molar-refractivity contribution in [3.05, 3.63) is 47.2 Å². The fourth-order valence-electron chi connectivity index (χ4n) is 5.21. The molecule has 0 radical (unpaired) electrons. The van der Waals surface area contributed by atoms with Crippen LogP contribution >= 0.6 is 11.6 Å². The number of carbonyl (C=O) groups excluding carboxylic acids is 2. The van der Waals surface area contributed by atoms with Crippen LogP contribution in [-0.2, 0) is 4.79 Å². The molecule has 7 heteroatoms. The van der Waals surface area contributed by atoms with E-state index in [2.05, 4.69) is 31.0 Å². The predicted octanol–water partition coefficient (Wildman–Crippen LogP) is 4.83. The second kappa shape index (κ2) is 10.3. The Bertz CT molecular complexity index is 971. The second-order valence-electron chi connectivity index (χ2n) is 9.51. The van der Waals surface area contributed by atoms with Crippen LogP contribution < -0.4 is 5.32 Å². The minimum atomic E-state index is -0.494. The second-order valence-corrected chi connectivity index (χ2v) is 9.95. The largest absolute Gasteiger partial charge is 0.451 e. The van der Waals surface area contributed by atoms with Crippen LogP contribution in [0.5, 0.6) is 0 Å². The first kappa shape index (κ1) is 23.8. The monoisotopic (exact) mass is 471 g/mol. The van der Waals surface area contributed by atoms with Crippen molar-refractivity contribution in [2.24, 2.45) is 5.92 Å². The van der Waals surface area contributed by atoms with Gasteiger partial charge in [-0.2, -0.15) is 0 Å². The van der Waals surface area contributed by atoms with Crippen molar-refractivity contribution < 1.29 is 14.0 Å². The molecule has 2 saturated heterocycles. The zero-order valence-electron chi connectivity index (χ0n) is 19.7. The number of amides is 2. The Hall–Kier alpha value is -2.31. The average Bonchev–Trinajstić information content (AvgIpc) is 3.42. The minimum Gasteiger partial charge on any atom is -0.451 e. The third kappa shape index (κ3) is 5.28. The zero-order valence-corrected chi connectivity index (χ0v) is 20.5. The van der Waals surface area contributed by atoms with Gasteiger partial charge in [0.15, 0.2) is 5.76 Å². The molecule has 2 aliphatic heterocycles. The summed E-state index contributed by atoms with van der Waals surface area (Å²) in [6.45, 7) is 9.44. The smallest absolute Gasteiger partial charge is 0.287 e. The quantitative estimate of drug-likeness (QED) is 0.628. The van der Waals surface area contributed by atoms with Crippen LogP contribution in [0.25, 0.3) is 11.3 Å². The highest BCUT2D eigenvalue weighted by Gasteiger charge is 2.41. The summed E-state index contributed by atoms with van der Waals surface area (Å²) in [5, 5.41) is 3.55. The highest BCUT2D eigenvalue weighted by atomic mass is 35.5. The molecule has 178 valence electrons. The van der Waals surface area contributed by atoms with Gasteiger partial charge in [-0.05, 0) is 75.4 Å². The van der Waals surface area contributed by atoms with Crippen molar-refractivity contribution in [2.75, 3.05) is 19.6 Å². The molecule has 33 heavy (non-hydrogen) atoms. The van der Waals surface area contributed by atoms with Crippen molar-refractivity contribution in [1.29, 1.82) is 0 Å². The van der Waals surface area contributed by atoms with Gasteiger partial charge in [0.2, 0.25) is 5.91 Å². The minimum absolute atomic E-state index is 0.0388. The van der Waals surface area contributed by atoms with Crippen LogP contribution in [-0.4, -0.2) is 59.4 Å². The van der Waals surface area contributed by atoms with Crippen molar-refractivity contribution in [1.82, 2.24) is 15.1 Å². The van der Waals surface area contributed by atoms with Crippen LogP contribution in [0.2, 0.25) is 5.02 Å². The van der Waals surface area contributed by atoms with E-state index in [1.54, 1.807) is 24.3 Å². The molecule has 6 nitrogen and oxygen atoms in total. The number of rotatable bonds is 7. The molecule has 2 aromatic rings. The van der Waals surface area contributed by atoms with Crippen LogP contribution in [0.3, 0.4) is 0 Å². The van der Waals surface area contributed by atoms with Crippen molar-refractivity contribution in [3.63, 3.8) is 0 Å². The van der Waals surface area contributed by atoms with E-state index < -0.39 is 6.04 Å². The third-order valence-electron chi connectivity index (χ3n) is 7.02. The lowest BCUT2D eigenvalue weighted by atomic mass is 9.86. The summed E-state index contributed by atoms with van der Waals surface area (Å²) >= 11 is 5.95. The molecule has 0 aliphatic carbocycles. The number of carbonyl (C=O) groups is 2. The molecular weight excluding hydrogens is 438 g/mol. The summed E-state index contributed by atoms with van der Waals surface area (Å²) in [6, 6.07) is 11.0. The van der Waals surface area contributed by atoms with E-state index in [0.29, 0.717) is 35.7 Å². The van der Waals surface area contributed by atoms with Crippen LogP contribution in [0.4, 0.5) is 0 Å². The van der Waals surface area contributed by atoms with Gasteiger partial charge in [0.05, 0.1) is 0 Å². The first-order valence-electron chi connectivity index (χ1n) is 12.1. The van der Waals surface area contributed by atoms with Crippen molar-refractivity contribution in [3.8, 4) is 11.3 Å². The Morgan fingerprint density at radius 2 is 1.91 bits per heavy atom. The lowest BCUT2D eigenvalue weighted by Gasteiger charge is -2.44. The Morgan fingerprint density at radius 3 is 2.61 bits per heavy atom. The van der Waals surface area contributed by atoms with E-state index in [9.17, 15) is 9.59 Å². The van der Waals surface area contributed by atoms with E-state index in [1.807, 2.05) is 17.0 Å². The fourth-order valence-corrected chi connectivity index (χ4v) is 5.33. The number of piperidine rings is 1. The summed E-state index contributed by atoms with van der Waals surface area (Å²) in [7, 11) is 0. The van der Waals surface area contributed by atoms with Crippen molar-refractivity contribution in [2.45, 2.75) is 64.6 Å². The van der Waals surface area contributed by atoms with Crippen LogP contribution in [0.15, 0.2) is 40.8 Å². The number of nitrogens with zero attached hydrogens (tertiary/aromatic N) is 2. The molecule has 3 heterocycles. The lowest BCUT2D eigenvalue weighted by molar-refractivity contribution is -0.133. The molecule has 1 aromatic heterocycles. The maximum atomic E-state index is 13.2. The SMILES string of the molecule is CCC[C@@H]1CN(C(C)C)CC[C@@H]1N1CC[C@H](NC(=O)c2ccc(-c3ccc(Cl)cc3)o2)C1=O. The topological polar surface area (TPSA) is 65.8 Å². The molecule has 0 spiro atoms. The van der Waals surface area contributed by atoms with Crippen LogP contribution in [0, 0.1) is 5.92 Å². The normalized spacial score (nSPS) is 24.0. The number of halogens is 1. The molecule has 1 aromatic carbocycles. The van der Waals surface area contributed by atoms with Crippen molar-refractivity contribution >= 4 is 23.4 Å². The number of furan rings is 1. The maximum absolute atomic E-state index is 13.2. The summed E-state index contributed by atoms with van der Waals surface area (Å²) < 4.78 is 5.76. The molecule has 2 aliphatic rings. The Labute approximate surface area is 201 Å². The summed E-state index contributed by atoms with van der Waals surface area (Å²) in [5.74, 6) is 0.972. The van der Waals surface area contributed by atoms with Gasteiger partial charge in [0, 0.05) is 42.3 Å². The Kier molecular flexibility index (Phi) is 7.45. The van der Waals surface area contributed by atoms with E-state index in [4.69, 9.17) is 16.0 Å². The van der Waals surface area contributed by atoms with Gasteiger partial charge < -0.3 is 19.5 Å². The van der Waals surface area contributed by atoms with Gasteiger partial charge in [0.1, 0.15) is 11.8 Å². The van der Waals surface area contributed by atoms with Gasteiger partial charge in [-0.25, -0.2) is 0 Å². The van der Waals surface area contributed by atoms with E-state index >= 15 is 0 Å². The van der Waals surface area contributed by atoms with E-state index in [-0.39, 0.29) is 23.6 Å². The molecule has 4 rings (SSSR count). The molecule has 1 N–H and O–H groups in total. The first-order chi connectivity index (χ1) is 15.9. The zero-order chi connectivity index (χ0) is 23.5. The van der Waals surface area contributed by atoms with Gasteiger partial charge in [-0.15, -0.1) is 0 Å². The van der Waals surface area contributed by atoms with E-state index in [0.717, 1.165) is 37.9 Å². The number of hydrogen-bond acceptors (Lipinski definition) is 4. The van der Waals surface area contributed by atoms with Gasteiger partial charge in [-0.1, -0.05) is 24.9 Å².